The highest BCUT2D eigenvalue weighted by Gasteiger charge is 2.20. The molecule has 7 nitrogen and oxygen atoms in total. The Morgan fingerprint density at radius 2 is 1.28 bits per heavy atom. The maximum Gasteiger partial charge on any atom is 0.335 e. The van der Waals surface area contributed by atoms with Gasteiger partial charge in [-0.15, -0.1) is 0 Å². The van der Waals surface area contributed by atoms with Crippen molar-refractivity contribution >= 4 is 11.9 Å². The van der Waals surface area contributed by atoms with Crippen LogP contribution in [0.25, 0.3) is 0 Å². The molecule has 2 unspecified atom stereocenters. The van der Waals surface area contributed by atoms with E-state index in [0.29, 0.717) is 13.2 Å². The maximum absolute atomic E-state index is 11.8. The van der Waals surface area contributed by atoms with Crippen molar-refractivity contribution in [2.24, 2.45) is 0 Å². The molecular formula is C18H26O7. The number of hydrogen-bond donors (Lipinski definition) is 0. The summed E-state index contributed by atoms with van der Waals surface area (Å²) in [7, 11) is 0. The van der Waals surface area contributed by atoms with E-state index in [0.717, 1.165) is 25.7 Å². The summed E-state index contributed by atoms with van der Waals surface area (Å²) in [6.07, 6.45) is 3.69. The van der Waals surface area contributed by atoms with Crippen LogP contribution in [-0.4, -0.2) is 63.8 Å². The first-order valence-electron chi connectivity index (χ1n) is 8.57. The summed E-state index contributed by atoms with van der Waals surface area (Å²) in [6, 6.07) is 0. The second kappa shape index (κ2) is 10.3. The van der Waals surface area contributed by atoms with Crippen LogP contribution >= 0.6 is 0 Å². The molecule has 0 spiro atoms. The van der Waals surface area contributed by atoms with E-state index in [9.17, 15) is 9.59 Å². The topological polar surface area (TPSA) is 80.3 Å². The second-order valence-electron chi connectivity index (χ2n) is 6.17. The van der Waals surface area contributed by atoms with Crippen LogP contribution < -0.4 is 0 Å². The molecule has 7 heteroatoms. The lowest BCUT2D eigenvalue weighted by molar-refractivity contribution is -0.142. The van der Waals surface area contributed by atoms with Gasteiger partial charge in [-0.25, -0.2) is 9.59 Å². The normalized spacial score (nSPS) is 22.6. The first-order chi connectivity index (χ1) is 12.1. The Kier molecular flexibility index (Phi) is 8.11. The third-order valence-electron chi connectivity index (χ3n) is 3.98. The highest BCUT2D eigenvalue weighted by Crippen LogP contribution is 2.13. The molecule has 2 fully saturated rings. The summed E-state index contributed by atoms with van der Waals surface area (Å²) in [5.41, 5.74) is 0.358. The van der Waals surface area contributed by atoms with Crippen molar-refractivity contribution < 1.29 is 33.3 Å². The van der Waals surface area contributed by atoms with Gasteiger partial charge in [-0.05, 0) is 25.7 Å². The summed E-state index contributed by atoms with van der Waals surface area (Å²) in [5, 5.41) is 0. The van der Waals surface area contributed by atoms with E-state index in [4.69, 9.17) is 23.7 Å². The molecule has 0 bridgehead atoms. The van der Waals surface area contributed by atoms with Crippen LogP contribution in [0.1, 0.15) is 25.7 Å². The molecule has 2 rings (SSSR count). The van der Waals surface area contributed by atoms with Gasteiger partial charge in [0.2, 0.25) is 0 Å². The highest BCUT2D eigenvalue weighted by atomic mass is 16.6. The molecular weight excluding hydrogens is 328 g/mol. The molecule has 0 aromatic heterocycles. The van der Waals surface area contributed by atoms with Gasteiger partial charge in [0.15, 0.2) is 0 Å². The van der Waals surface area contributed by atoms with E-state index in [1.54, 1.807) is 0 Å². The van der Waals surface area contributed by atoms with Crippen molar-refractivity contribution in [1.82, 2.24) is 0 Å². The zero-order chi connectivity index (χ0) is 18.1. The zero-order valence-corrected chi connectivity index (χ0v) is 14.5. The van der Waals surface area contributed by atoms with Crippen molar-refractivity contribution in [1.29, 1.82) is 0 Å². The van der Waals surface area contributed by atoms with Gasteiger partial charge in [-0.1, -0.05) is 13.2 Å². The minimum absolute atomic E-state index is 0.0314. The van der Waals surface area contributed by atoms with Crippen molar-refractivity contribution in [2.45, 2.75) is 37.9 Å². The van der Waals surface area contributed by atoms with Crippen LogP contribution in [0.15, 0.2) is 24.3 Å². The molecule has 0 aromatic rings. The van der Waals surface area contributed by atoms with Gasteiger partial charge in [0.1, 0.15) is 13.2 Å². The molecule has 0 saturated carbocycles. The molecule has 2 aliphatic heterocycles. The first-order valence-corrected chi connectivity index (χ1v) is 8.57. The number of carbonyl (C=O) groups is 2. The molecule has 2 saturated heterocycles. The lowest BCUT2D eigenvalue weighted by Gasteiger charge is -2.13. The maximum atomic E-state index is 11.8. The summed E-state index contributed by atoms with van der Waals surface area (Å²) in [4.78, 5) is 23.5. The quantitative estimate of drug-likeness (QED) is 0.435. The number of ether oxygens (including phenoxy) is 5. The average molecular weight is 354 g/mol. The Labute approximate surface area is 147 Å². The van der Waals surface area contributed by atoms with Gasteiger partial charge in [-0.2, -0.15) is 0 Å². The molecule has 25 heavy (non-hydrogen) atoms. The van der Waals surface area contributed by atoms with Crippen molar-refractivity contribution in [2.75, 3.05) is 39.6 Å². The number of esters is 2. The smallest absolute Gasteiger partial charge is 0.335 e. The largest absolute Gasteiger partial charge is 0.460 e. The summed E-state index contributed by atoms with van der Waals surface area (Å²) < 4.78 is 26.3. The van der Waals surface area contributed by atoms with E-state index in [1.807, 2.05) is 0 Å². The van der Waals surface area contributed by atoms with Crippen LogP contribution in [0.4, 0.5) is 0 Å². The van der Waals surface area contributed by atoms with Crippen LogP contribution in [0.2, 0.25) is 0 Å². The monoisotopic (exact) mass is 354 g/mol. The molecule has 0 aliphatic carbocycles. The molecule has 2 heterocycles. The molecule has 2 atom stereocenters. The Morgan fingerprint density at radius 1 is 0.840 bits per heavy atom. The standard InChI is InChI=1S/C18H26O7/c1-13(17(19)24-11-15-5-3-7-22-15)9-21-10-14(2)18(20)25-12-16-6-4-8-23-16/h15-16H,1-12H2. The van der Waals surface area contributed by atoms with E-state index in [1.165, 1.54) is 0 Å². The van der Waals surface area contributed by atoms with Gasteiger partial charge in [0.25, 0.3) is 0 Å². The number of rotatable bonds is 10. The minimum Gasteiger partial charge on any atom is -0.460 e. The Hall–Kier alpha value is -1.70. The van der Waals surface area contributed by atoms with Crippen molar-refractivity contribution in [3.05, 3.63) is 24.3 Å². The third-order valence-corrected chi connectivity index (χ3v) is 3.98. The van der Waals surface area contributed by atoms with E-state index in [2.05, 4.69) is 13.2 Å². The lowest BCUT2D eigenvalue weighted by atomic mass is 10.2. The van der Waals surface area contributed by atoms with Crippen LogP contribution in [-0.2, 0) is 33.3 Å². The Morgan fingerprint density at radius 3 is 1.64 bits per heavy atom. The highest BCUT2D eigenvalue weighted by molar-refractivity contribution is 5.88. The third kappa shape index (κ3) is 6.97. The van der Waals surface area contributed by atoms with Crippen molar-refractivity contribution in [3.8, 4) is 0 Å². The SMILES string of the molecule is C=C(COCC(=C)C(=O)OCC1CCCO1)C(=O)OCC1CCCO1. The fourth-order valence-electron chi connectivity index (χ4n) is 2.51. The Bertz CT molecular complexity index is 444. The average Bonchev–Trinajstić information content (AvgIpc) is 3.30. The van der Waals surface area contributed by atoms with Crippen molar-refractivity contribution in [3.63, 3.8) is 0 Å². The van der Waals surface area contributed by atoms with Crippen LogP contribution in [0, 0.1) is 0 Å². The van der Waals surface area contributed by atoms with Gasteiger partial charge in [-0.3, -0.25) is 0 Å². The molecule has 0 radical (unpaired) electrons. The Balaban J connectivity index is 1.54. The summed E-state index contributed by atoms with van der Waals surface area (Å²) in [5.74, 6) is -1.05. The molecule has 0 aromatic carbocycles. The summed E-state index contributed by atoms with van der Waals surface area (Å²) >= 11 is 0. The first kappa shape index (κ1) is 19.6. The van der Waals surface area contributed by atoms with Crippen LogP contribution in [0.5, 0.6) is 0 Å². The molecule has 140 valence electrons. The number of hydrogen-bond acceptors (Lipinski definition) is 7. The fourth-order valence-corrected chi connectivity index (χ4v) is 2.51. The lowest BCUT2D eigenvalue weighted by Crippen LogP contribution is -2.21. The van der Waals surface area contributed by atoms with E-state index < -0.39 is 11.9 Å². The molecule has 0 amide bonds. The zero-order valence-electron chi connectivity index (χ0n) is 14.5. The fraction of sp³-hybridized carbons (Fsp3) is 0.667. The number of carbonyl (C=O) groups excluding carboxylic acids is 2. The van der Waals surface area contributed by atoms with Gasteiger partial charge < -0.3 is 23.7 Å². The van der Waals surface area contributed by atoms with Gasteiger partial charge in [0.05, 0.1) is 36.6 Å². The molecule has 0 N–H and O–H groups in total. The second-order valence-corrected chi connectivity index (χ2v) is 6.17. The van der Waals surface area contributed by atoms with E-state index >= 15 is 0 Å². The predicted octanol–water partition coefficient (Wildman–Crippen LogP) is 1.56. The molecule has 2 aliphatic rings. The van der Waals surface area contributed by atoms with Crippen LogP contribution in [0.3, 0.4) is 0 Å². The summed E-state index contributed by atoms with van der Waals surface area (Å²) in [6.45, 7) is 9.03. The van der Waals surface area contributed by atoms with Gasteiger partial charge in [0, 0.05) is 13.2 Å². The van der Waals surface area contributed by atoms with E-state index in [-0.39, 0.29) is 49.8 Å². The predicted molar refractivity (Wildman–Crippen MR) is 89.0 cm³/mol. The minimum atomic E-state index is -0.526. The van der Waals surface area contributed by atoms with Gasteiger partial charge >= 0.3 is 11.9 Å².